The Hall–Kier alpha value is -1.02. The summed E-state index contributed by atoms with van der Waals surface area (Å²) in [5.74, 6) is 1.64. The molecule has 90 valence electrons. The van der Waals surface area contributed by atoms with Gasteiger partial charge >= 0.3 is 0 Å². The quantitative estimate of drug-likeness (QED) is 0.801. The molecular weight excluding hydrogens is 198 g/mol. The molecule has 1 aromatic carbocycles. The van der Waals surface area contributed by atoms with Gasteiger partial charge < -0.3 is 10.5 Å². The number of ether oxygens (including phenoxy) is 1. The van der Waals surface area contributed by atoms with E-state index in [2.05, 4.69) is 26.0 Å². The maximum absolute atomic E-state index is 5.77. The van der Waals surface area contributed by atoms with Crippen molar-refractivity contribution in [3.8, 4) is 5.75 Å². The highest BCUT2D eigenvalue weighted by Crippen LogP contribution is 2.15. The Balaban J connectivity index is 2.47. The smallest absolute Gasteiger partial charge is 0.119 e. The molecule has 1 aromatic rings. The molecule has 2 heteroatoms. The Bertz CT molecular complexity index is 307. The van der Waals surface area contributed by atoms with Gasteiger partial charge in [0.15, 0.2) is 0 Å². The second-order valence-corrected chi connectivity index (χ2v) is 4.86. The lowest BCUT2D eigenvalue weighted by Gasteiger charge is -2.10. The Morgan fingerprint density at radius 3 is 2.62 bits per heavy atom. The zero-order chi connectivity index (χ0) is 12.0. The van der Waals surface area contributed by atoms with Gasteiger partial charge in [0.2, 0.25) is 0 Å². The SMILES string of the molecule is CC(C)CCOc1cccc(CC(C)N)c1. The molecule has 0 aliphatic carbocycles. The largest absolute Gasteiger partial charge is 0.494 e. The van der Waals surface area contributed by atoms with Crippen molar-refractivity contribution < 1.29 is 4.74 Å². The minimum atomic E-state index is 0.200. The Morgan fingerprint density at radius 2 is 2.00 bits per heavy atom. The van der Waals surface area contributed by atoms with Crippen LogP contribution in [0.2, 0.25) is 0 Å². The van der Waals surface area contributed by atoms with E-state index in [0.717, 1.165) is 25.2 Å². The first-order valence-electron chi connectivity index (χ1n) is 6.05. The van der Waals surface area contributed by atoms with Gasteiger partial charge in [0.05, 0.1) is 6.61 Å². The van der Waals surface area contributed by atoms with Gasteiger partial charge in [0, 0.05) is 6.04 Å². The Labute approximate surface area is 98.8 Å². The van der Waals surface area contributed by atoms with Crippen LogP contribution in [0, 0.1) is 5.92 Å². The molecule has 0 radical (unpaired) electrons. The number of benzene rings is 1. The molecular formula is C14H23NO. The monoisotopic (exact) mass is 221 g/mol. The van der Waals surface area contributed by atoms with E-state index in [0.29, 0.717) is 5.92 Å². The second kappa shape index (κ2) is 6.54. The molecule has 2 N–H and O–H groups in total. The first-order chi connectivity index (χ1) is 7.58. The van der Waals surface area contributed by atoms with E-state index in [1.165, 1.54) is 5.56 Å². The zero-order valence-electron chi connectivity index (χ0n) is 10.6. The first kappa shape index (κ1) is 13.0. The minimum Gasteiger partial charge on any atom is -0.494 e. The van der Waals surface area contributed by atoms with Gasteiger partial charge in [-0.1, -0.05) is 26.0 Å². The number of hydrogen-bond donors (Lipinski definition) is 1. The van der Waals surface area contributed by atoms with Gasteiger partial charge in [-0.05, 0) is 43.4 Å². The van der Waals surface area contributed by atoms with Crippen molar-refractivity contribution in [2.24, 2.45) is 11.7 Å². The van der Waals surface area contributed by atoms with Crippen LogP contribution >= 0.6 is 0 Å². The third-order valence-electron chi connectivity index (χ3n) is 2.42. The van der Waals surface area contributed by atoms with Crippen LogP contribution in [-0.2, 0) is 6.42 Å². The van der Waals surface area contributed by atoms with Gasteiger partial charge in [-0.15, -0.1) is 0 Å². The fourth-order valence-electron chi connectivity index (χ4n) is 1.55. The van der Waals surface area contributed by atoms with Crippen LogP contribution in [0.5, 0.6) is 5.75 Å². The summed E-state index contributed by atoms with van der Waals surface area (Å²) in [6, 6.07) is 8.42. The van der Waals surface area contributed by atoms with Gasteiger partial charge in [-0.2, -0.15) is 0 Å². The number of nitrogens with two attached hydrogens (primary N) is 1. The standard InChI is InChI=1S/C14H23NO/c1-11(2)7-8-16-14-6-4-5-13(10-14)9-12(3)15/h4-6,10-12H,7-9,15H2,1-3H3. The maximum Gasteiger partial charge on any atom is 0.119 e. The summed E-state index contributed by atoms with van der Waals surface area (Å²) in [7, 11) is 0. The third-order valence-corrected chi connectivity index (χ3v) is 2.42. The van der Waals surface area contributed by atoms with Gasteiger partial charge in [-0.3, -0.25) is 0 Å². The van der Waals surface area contributed by atoms with E-state index in [9.17, 15) is 0 Å². The summed E-state index contributed by atoms with van der Waals surface area (Å²) < 4.78 is 5.70. The molecule has 0 saturated heterocycles. The van der Waals surface area contributed by atoms with Crippen molar-refractivity contribution in [2.45, 2.75) is 39.7 Å². The second-order valence-electron chi connectivity index (χ2n) is 4.86. The summed E-state index contributed by atoms with van der Waals surface area (Å²) in [5, 5.41) is 0. The average Bonchev–Trinajstić information content (AvgIpc) is 2.16. The lowest BCUT2D eigenvalue weighted by Crippen LogP contribution is -2.17. The Kier molecular flexibility index (Phi) is 5.33. The van der Waals surface area contributed by atoms with Crippen molar-refractivity contribution in [3.63, 3.8) is 0 Å². The van der Waals surface area contributed by atoms with E-state index >= 15 is 0 Å². The van der Waals surface area contributed by atoms with Crippen molar-refractivity contribution in [2.75, 3.05) is 6.61 Å². The van der Waals surface area contributed by atoms with Gasteiger partial charge in [-0.25, -0.2) is 0 Å². The fraction of sp³-hybridized carbons (Fsp3) is 0.571. The summed E-state index contributed by atoms with van der Waals surface area (Å²) in [4.78, 5) is 0. The van der Waals surface area contributed by atoms with Crippen LogP contribution < -0.4 is 10.5 Å². The molecule has 1 rings (SSSR count). The van der Waals surface area contributed by atoms with Crippen molar-refractivity contribution in [1.82, 2.24) is 0 Å². The normalized spacial score (nSPS) is 12.8. The van der Waals surface area contributed by atoms with Gasteiger partial charge in [0.25, 0.3) is 0 Å². The predicted molar refractivity (Wildman–Crippen MR) is 68.7 cm³/mol. The molecule has 0 bridgehead atoms. The van der Waals surface area contributed by atoms with Crippen molar-refractivity contribution >= 4 is 0 Å². The van der Waals surface area contributed by atoms with Crippen LogP contribution in [-0.4, -0.2) is 12.6 Å². The lowest BCUT2D eigenvalue weighted by molar-refractivity contribution is 0.289. The van der Waals surface area contributed by atoms with Crippen LogP contribution in [0.3, 0.4) is 0 Å². The molecule has 0 heterocycles. The Morgan fingerprint density at radius 1 is 1.25 bits per heavy atom. The van der Waals surface area contributed by atoms with Crippen LogP contribution in [0.4, 0.5) is 0 Å². The molecule has 0 saturated carbocycles. The highest BCUT2D eigenvalue weighted by molar-refractivity contribution is 5.28. The molecule has 0 aliphatic rings. The van der Waals surface area contributed by atoms with E-state index in [-0.39, 0.29) is 6.04 Å². The fourth-order valence-corrected chi connectivity index (χ4v) is 1.55. The molecule has 2 nitrogen and oxygen atoms in total. The molecule has 0 spiro atoms. The maximum atomic E-state index is 5.77. The molecule has 16 heavy (non-hydrogen) atoms. The number of hydrogen-bond acceptors (Lipinski definition) is 2. The number of rotatable bonds is 6. The highest BCUT2D eigenvalue weighted by atomic mass is 16.5. The van der Waals surface area contributed by atoms with Crippen molar-refractivity contribution in [1.29, 1.82) is 0 Å². The zero-order valence-corrected chi connectivity index (χ0v) is 10.6. The minimum absolute atomic E-state index is 0.200. The van der Waals surface area contributed by atoms with Crippen molar-refractivity contribution in [3.05, 3.63) is 29.8 Å². The van der Waals surface area contributed by atoms with Gasteiger partial charge in [0.1, 0.15) is 5.75 Å². The van der Waals surface area contributed by atoms with E-state index < -0.39 is 0 Å². The summed E-state index contributed by atoms with van der Waals surface area (Å²) >= 11 is 0. The topological polar surface area (TPSA) is 35.2 Å². The summed E-state index contributed by atoms with van der Waals surface area (Å²) in [5.41, 5.74) is 7.02. The van der Waals surface area contributed by atoms with Crippen LogP contribution in [0.15, 0.2) is 24.3 Å². The van der Waals surface area contributed by atoms with E-state index in [4.69, 9.17) is 10.5 Å². The molecule has 0 aliphatic heterocycles. The predicted octanol–water partition coefficient (Wildman–Crippen LogP) is 3.00. The summed E-state index contributed by atoms with van der Waals surface area (Å²) in [6.45, 7) is 7.22. The molecule has 1 unspecified atom stereocenters. The van der Waals surface area contributed by atoms with Crippen LogP contribution in [0.1, 0.15) is 32.8 Å². The molecule has 0 fully saturated rings. The van der Waals surface area contributed by atoms with E-state index in [1.807, 2.05) is 19.1 Å². The third kappa shape index (κ3) is 5.17. The average molecular weight is 221 g/mol. The van der Waals surface area contributed by atoms with Crippen LogP contribution in [0.25, 0.3) is 0 Å². The van der Waals surface area contributed by atoms with E-state index in [1.54, 1.807) is 0 Å². The lowest BCUT2D eigenvalue weighted by atomic mass is 10.1. The first-order valence-corrected chi connectivity index (χ1v) is 6.05. The highest BCUT2D eigenvalue weighted by Gasteiger charge is 2.01. The molecule has 1 atom stereocenters. The molecule has 0 aromatic heterocycles. The summed E-state index contributed by atoms with van der Waals surface area (Å²) in [6.07, 6.45) is 2.00. The molecule has 0 amide bonds.